The molecule has 7 heteroatoms. The molecule has 7 nitrogen and oxygen atoms in total. The van der Waals surface area contributed by atoms with Crippen LogP contribution in [0.5, 0.6) is 5.75 Å². The van der Waals surface area contributed by atoms with Gasteiger partial charge in [-0.1, -0.05) is 17.3 Å². The molecular weight excluding hydrogens is 272 g/mol. The first kappa shape index (κ1) is 13.4. The molecule has 0 unspecified atom stereocenters. The predicted molar refractivity (Wildman–Crippen MR) is 75.0 cm³/mol. The first-order chi connectivity index (χ1) is 10.2. The summed E-state index contributed by atoms with van der Waals surface area (Å²) < 4.78 is 10.9. The topological polar surface area (TPSA) is 80.5 Å². The SMILES string of the molecule is CNC(=O)[C@@H]1CN(Cc2nc(C)no2)c2ccccc2O1. The molecule has 0 spiro atoms. The van der Waals surface area contributed by atoms with Gasteiger partial charge in [0.2, 0.25) is 5.89 Å². The molecule has 0 radical (unpaired) electrons. The molecule has 1 amide bonds. The Labute approximate surface area is 121 Å². The van der Waals surface area contributed by atoms with Crippen LogP contribution in [0.25, 0.3) is 0 Å². The minimum Gasteiger partial charge on any atom is -0.477 e. The number of para-hydroxylation sites is 2. The van der Waals surface area contributed by atoms with Crippen LogP contribution in [0.3, 0.4) is 0 Å². The van der Waals surface area contributed by atoms with Gasteiger partial charge < -0.3 is 19.5 Å². The van der Waals surface area contributed by atoms with Crippen molar-refractivity contribution in [3.8, 4) is 5.75 Å². The minimum atomic E-state index is -0.561. The number of rotatable bonds is 3. The van der Waals surface area contributed by atoms with Crippen LogP contribution in [-0.2, 0) is 11.3 Å². The van der Waals surface area contributed by atoms with Gasteiger partial charge in [0, 0.05) is 7.05 Å². The van der Waals surface area contributed by atoms with Crippen molar-refractivity contribution in [2.75, 3.05) is 18.5 Å². The molecule has 1 aliphatic heterocycles. The number of hydrogen-bond acceptors (Lipinski definition) is 6. The summed E-state index contributed by atoms with van der Waals surface area (Å²) in [7, 11) is 1.60. The monoisotopic (exact) mass is 288 g/mol. The molecule has 1 aliphatic rings. The van der Waals surface area contributed by atoms with Crippen LogP contribution in [0.2, 0.25) is 0 Å². The average Bonchev–Trinajstić information content (AvgIpc) is 2.91. The molecule has 0 saturated carbocycles. The first-order valence-corrected chi connectivity index (χ1v) is 6.69. The number of carbonyl (C=O) groups is 1. The van der Waals surface area contributed by atoms with E-state index < -0.39 is 6.10 Å². The Kier molecular flexibility index (Phi) is 3.47. The second-order valence-electron chi connectivity index (χ2n) is 4.80. The lowest BCUT2D eigenvalue weighted by molar-refractivity contribution is -0.127. The molecular formula is C14H16N4O3. The maximum atomic E-state index is 11.9. The predicted octanol–water partition coefficient (Wildman–Crippen LogP) is 0.892. The second kappa shape index (κ2) is 5.43. The Morgan fingerprint density at radius 2 is 2.29 bits per heavy atom. The number of anilines is 1. The Morgan fingerprint density at radius 3 is 3.00 bits per heavy atom. The number of hydrogen-bond donors (Lipinski definition) is 1. The van der Waals surface area contributed by atoms with Gasteiger partial charge >= 0.3 is 0 Å². The molecule has 0 saturated heterocycles. The number of amides is 1. The third-order valence-corrected chi connectivity index (χ3v) is 3.30. The first-order valence-electron chi connectivity index (χ1n) is 6.69. The van der Waals surface area contributed by atoms with Crippen LogP contribution in [0.4, 0.5) is 5.69 Å². The summed E-state index contributed by atoms with van der Waals surface area (Å²) >= 11 is 0. The summed E-state index contributed by atoms with van der Waals surface area (Å²) in [5.74, 6) is 1.62. The van der Waals surface area contributed by atoms with Crippen molar-refractivity contribution in [3.05, 3.63) is 36.0 Å². The lowest BCUT2D eigenvalue weighted by Gasteiger charge is -2.34. The lowest BCUT2D eigenvalue weighted by atomic mass is 10.2. The number of nitrogens with zero attached hydrogens (tertiary/aromatic N) is 3. The van der Waals surface area contributed by atoms with Gasteiger partial charge in [-0.15, -0.1) is 0 Å². The van der Waals surface area contributed by atoms with Crippen LogP contribution in [0.1, 0.15) is 11.7 Å². The van der Waals surface area contributed by atoms with Crippen molar-refractivity contribution in [2.24, 2.45) is 0 Å². The third-order valence-electron chi connectivity index (χ3n) is 3.30. The van der Waals surface area contributed by atoms with Crippen molar-refractivity contribution in [1.29, 1.82) is 0 Å². The highest BCUT2D eigenvalue weighted by Gasteiger charge is 2.30. The Hall–Kier alpha value is -2.57. The largest absolute Gasteiger partial charge is 0.477 e. The molecule has 2 aromatic rings. The van der Waals surface area contributed by atoms with E-state index in [1.165, 1.54) is 0 Å². The number of ether oxygens (including phenoxy) is 1. The van der Waals surface area contributed by atoms with Gasteiger partial charge in [0.15, 0.2) is 11.9 Å². The Balaban J connectivity index is 1.88. The van der Waals surface area contributed by atoms with Crippen molar-refractivity contribution in [2.45, 2.75) is 19.6 Å². The van der Waals surface area contributed by atoms with Crippen molar-refractivity contribution in [1.82, 2.24) is 15.5 Å². The minimum absolute atomic E-state index is 0.156. The Bertz CT molecular complexity index is 655. The van der Waals surface area contributed by atoms with Gasteiger partial charge in [-0.05, 0) is 19.1 Å². The molecule has 1 aromatic heterocycles. The van der Waals surface area contributed by atoms with E-state index in [1.807, 2.05) is 29.2 Å². The summed E-state index contributed by atoms with van der Waals surface area (Å²) in [6, 6.07) is 7.59. The van der Waals surface area contributed by atoms with Gasteiger partial charge in [-0.25, -0.2) is 0 Å². The fourth-order valence-corrected chi connectivity index (χ4v) is 2.32. The maximum Gasteiger partial charge on any atom is 0.262 e. The zero-order valence-electron chi connectivity index (χ0n) is 11.9. The fourth-order valence-electron chi connectivity index (χ4n) is 2.32. The van der Waals surface area contributed by atoms with Gasteiger partial charge in [0.25, 0.3) is 5.91 Å². The van der Waals surface area contributed by atoms with Gasteiger partial charge in [0.1, 0.15) is 5.75 Å². The smallest absolute Gasteiger partial charge is 0.262 e. The van der Waals surface area contributed by atoms with E-state index in [2.05, 4.69) is 15.5 Å². The lowest BCUT2D eigenvalue weighted by Crippen LogP contribution is -2.48. The molecule has 2 heterocycles. The van der Waals surface area contributed by atoms with E-state index in [4.69, 9.17) is 9.26 Å². The fraction of sp³-hybridized carbons (Fsp3) is 0.357. The van der Waals surface area contributed by atoms with E-state index in [0.29, 0.717) is 30.6 Å². The number of nitrogens with one attached hydrogen (secondary N) is 1. The molecule has 110 valence electrons. The molecule has 1 aromatic carbocycles. The number of aromatic nitrogens is 2. The summed E-state index contributed by atoms with van der Waals surface area (Å²) in [6.07, 6.45) is -0.561. The molecule has 1 atom stereocenters. The summed E-state index contributed by atoms with van der Waals surface area (Å²) in [5, 5.41) is 6.40. The van der Waals surface area contributed by atoms with Gasteiger partial charge in [0.05, 0.1) is 18.8 Å². The normalized spacial score (nSPS) is 17.0. The standard InChI is InChI=1S/C14H16N4O3/c1-9-16-13(21-17-9)8-18-7-12(14(19)15-2)20-11-6-4-3-5-10(11)18/h3-6,12H,7-8H2,1-2H3,(H,15,19)/t12-/m0/s1. The summed E-state index contributed by atoms with van der Waals surface area (Å²) in [5.41, 5.74) is 0.911. The zero-order valence-corrected chi connectivity index (χ0v) is 11.9. The van der Waals surface area contributed by atoms with E-state index in [0.717, 1.165) is 5.69 Å². The van der Waals surface area contributed by atoms with Crippen molar-refractivity contribution < 1.29 is 14.1 Å². The van der Waals surface area contributed by atoms with E-state index in [1.54, 1.807) is 14.0 Å². The zero-order chi connectivity index (χ0) is 14.8. The summed E-state index contributed by atoms with van der Waals surface area (Å²) in [4.78, 5) is 18.1. The number of carbonyl (C=O) groups excluding carboxylic acids is 1. The van der Waals surface area contributed by atoms with Crippen LogP contribution in [0, 0.1) is 6.92 Å². The van der Waals surface area contributed by atoms with E-state index in [-0.39, 0.29) is 5.91 Å². The highest BCUT2D eigenvalue weighted by Crippen LogP contribution is 2.33. The van der Waals surface area contributed by atoms with E-state index >= 15 is 0 Å². The highest BCUT2D eigenvalue weighted by molar-refractivity contribution is 5.83. The second-order valence-corrected chi connectivity index (χ2v) is 4.80. The summed E-state index contributed by atoms with van der Waals surface area (Å²) in [6.45, 7) is 2.64. The average molecular weight is 288 g/mol. The molecule has 0 aliphatic carbocycles. The Morgan fingerprint density at radius 1 is 1.48 bits per heavy atom. The third kappa shape index (κ3) is 2.67. The quantitative estimate of drug-likeness (QED) is 0.903. The van der Waals surface area contributed by atoms with Crippen molar-refractivity contribution in [3.63, 3.8) is 0 Å². The molecule has 21 heavy (non-hydrogen) atoms. The number of benzene rings is 1. The maximum absolute atomic E-state index is 11.9. The molecule has 1 N–H and O–H groups in total. The van der Waals surface area contributed by atoms with Gasteiger partial charge in [-0.2, -0.15) is 4.98 Å². The molecule has 3 rings (SSSR count). The van der Waals surface area contributed by atoms with Crippen LogP contribution in [-0.4, -0.2) is 35.7 Å². The molecule has 0 bridgehead atoms. The molecule has 0 fully saturated rings. The number of fused-ring (bicyclic) bond motifs is 1. The van der Waals surface area contributed by atoms with Crippen LogP contribution in [0.15, 0.2) is 28.8 Å². The highest BCUT2D eigenvalue weighted by atomic mass is 16.5. The van der Waals surface area contributed by atoms with E-state index in [9.17, 15) is 4.79 Å². The number of likely N-dealkylation sites (N-methyl/N-ethyl adjacent to an activating group) is 1. The van der Waals surface area contributed by atoms with Crippen LogP contribution < -0.4 is 15.0 Å². The van der Waals surface area contributed by atoms with Gasteiger partial charge in [-0.3, -0.25) is 4.79 Å². The van der Waals surface area contributed by atoms with Crippen LogP contribution >= 0.6 is 0 Å². The van der Waals surface area contributed by atoms with Crippen molar-refractivity contribution >= 4 is 11.6 Å². The number of aryl methyl sites for hydroxylation is 1.